The Kier molecular flexibility index (Phi) is 6.94. The van der Waals surface area contributed by atoms with Gasteiger partial charge in [-0.15, -0.1) is 11.3 Å². The molecule has 1 aliphatic rings. The summed E-state index contributed by atoms with van der Waals surface area (Å²) in [6, 6.07) is 8.26. The Morgan fingerprint density at radius 1 is 1.31 bits per heavy atom. The number of ether oxygens (including phenoxy) is 1. The maximum atomic E-state index is 12.8. The summed E-state index contributed by atoms with van der Waals surface area (Å²) in [4.78, 5) is 12.6. The van der Waals surface area contributed by atoms with Gasteiger partial charge in [0.1, 0.15) is 28.7 Å². The van der Waals surface area contributed by atoms with Gasteiger partial charge in [-0.2, -0.15) is 4.31 Å². The monoisotopic (exact) mass is 438 g/mol. The number of thiophene rings is 1. The molecule has 158 valence electrons. The molecule has 2 unspecified atom stereocenters. The summed E-state index contributed by atoms with van der Waals surface area (Å²) in [5.74, 6) is 0.329. The summed E-state index contributed by atoms with van der Waals surface area (Å²) >= 11 is 1.14. The highest BCUT2D eigenvalue weighted by Gasteiger charge is 2.39. The Balaban J connectivity index is 1.54. The molecule has 9 heteroatoms. The number of hydrogen-bond donors (Lipinski definition) is 2. The summed E-state index contributed by atoms with van der Waals surface area (Å²) < 4.78 is 32.7. The van der Waals surface area contributed by atoms with Crippen molar-refractivity contribution in [3.8, 4) is 5.75 Å². The lowest BCUT2D eigenvalue weighted by atomic mass is 10.1. The lowest BCUT2D eigenvalue weighted by molar-refractivity contribution is -0.124. The molecule has 0 saturated carbocycles. The van der Waals surface area contributed by atoms with E-state index in [4.69, 9.17) is 4.74 Å². The van der Waals surface area contributed by atoms with E-state index >= 15 is 0 Å². The van der Waals surface area contributed by atoms with Crippen LogP contribution < -0.4 is 10.1 Å². The van der Waals surface area contributed by atoms with Crippen molar-refractivity contribution in [3.63, 3.8) is 0 Å². The number of hydrogen-bond acceptors (Lipinski definition) is 6. The molecule has 2 aromatic rings. The predicted octanol–water partition coefficient (Wildman–Crippen LogP) is 2.07. The van der Waals surface area contributed by atoms with Crippen molar-refractivity contribution >= 4 is 27.3 Å². The standard InChI is InChI=1S/C20H26N2O5S2/c1-14-6-3-7-15(2)19(14)27-13-16(23)12-21-20(24)17-8-4-10-22(17)29(25,26)18-9-5-11-28-18/h3,5-7,9,11,16-17,23H,4,8,10,12-13H2,1-2H3,(H,21,24). The second-order valence-corrected chi connectivity index (χ2v) is 10.2. The van der Waals surface area contributed by atoms with Crippen LogP contribution in [0.2, 0.25) is 0 Å². The van der Waals surface area contributed by atoms with Gasteiger partial charge in [0, 0.05) is 13.1 Å². The number of nitrogens with zero attached hydrogens (tertiary/aromatic N) is 1. The molecule has 1 aromatic carbocycles. The van der Waals surface area contributed by atoms with E-state index in [-0.39, 0.29) is 17.4 Å². The average Bonchev–Trinajstić information content (AvgIpc) is 3.37. The highest BCUT2D eigenvalue weighted by Crippen LogP contribution is 2.28. The minimum atomic E-state index is -3.68. The van der Waals surface area contributed by atoms with Crippen molar-refractivity contribution in [2.24, 2.45) is 0 Å². The normalized spacial score (nSPS) is 18.5. The number of sulfonamides is 1. The molecule has 1 fully saturated rings. The van der Waals surface area contributed by atoms with Crippen molar-refractivity contribution < 1.29 is 23.1 Å². The van der Waals surface area contributed by atoms with Gasteiger partial charge in [-0.25, -0.2) is 8.42 Å². The van der Waals surface area contributed by atoms with Crippen molar-refractivity contribution in [2.45, 2.75) is 43.0 Å². The highest BCUT2D eigenvalue weighted by atomic mass is 32.2. The first kappa shape index (κ1) is 21.8. The highest BCUT2D eigenvalue weighted by molar-refractivity contribution is 7.91. The van der Waals surface area contributed by atoms with Gasteiger partial charge in [0.15, 0.2) is 0 Å². The van der Waals surface area contributed by atoms with Crippen LogP contribution in [0.4, 0.5) is 0 Å². The first-order valence-electron chi connectivity index (χ1n) is 9.51. The zero-order chi connectivity index (χ0) is 21.0. The fourth-order valence-electron chi connectivity index (χ4n) is 3.42. The number of benzene rings is 1. The number of nitrogens with one attached hydrogen (secondary N) is 1. The molecule has 2 N–H and O–H groups in total. The van der Waals surface area contributed by atoms with Gasteiger partial charge in [0.2, 0.25) is 5.91 Å². The Morgan fingerprint density at radius 3 is 2.69 bits per heavy atom. The molecule has 7 nitrogen and oxygen atoms in total. The third kappa shape index (κ3) is 4.98. The Labute approximate surface area is 175 Å². The molecule has 1 saturated heterocycles. The minimum Gasteiger partial charge on any atom is -0.490 e. The van der Waals surface area contributed by atoms with E-state index in [1.165, 1.54) is 4.31 Å². The van der Waals surface area contributed by atoms with Gasteiger partial charge in [-0.3, -0.25) is 4.79 Å². The van der Waals surface area contributed by atoms with Crippen LogP contribution in [0.15, 0.2) is 39.9 Å². The number of aliphatic hydroxyl groups is 1. The smallest absolute Gasteiger partial charge is 0.253 e. The number of carbonyl (C=O) groups excluding carboxylic acids is 1. The second kappa shape index (κ2) is 9.25. The summed E-state index contributed by atoms with van der Waals surface area (Å²) in [5.41, 5.74) is 1.95. The number of para-hydroxylation sites is 1. The van der Waals surface area contributed by atoms with Gasteiger partial charge in [-0.05, 0) is 49.3 Å². The van der Waals surface area contributed by atoms with Crippen molar-refractivity contribution in [3.05, 3.63) is 46.8 Å². The number of carbonyl (C=O) groups is 1. The first-order chi connectivity index (χ1) is 13.8. The molecule has 0 aliphatic carbocycles. The number of rotatable bonds is 8. The molecule has 0 radical (unpaired) electrons. The van der Waals surface area contributed by atoms with Crippen LogP contribution in [-0.4, -0.2) is 55.6 Å². The average molecular weight is 439 g/mol. The largest absolute Gasteiger partial charge is 0.490 e. The third-order valence-corrected chi connectivity index (χ3v) is 8.19. The molecule has 3 rings (SSSR count). The van der Waals surface area contributed by atoms with Crippen LogP contribution in [0, 0.1) is 13.8 Å². The van der Waals surface area contributed by atoms with Crippen LogP contribution in [0.25, 0.3) is 0 Å². The zero-order valence-electron chi connectivity index (χ0n) is 16.5. The fraction of sp³-hybridized carbons (Fsp3) is 0.450. The maximum absolute atomic E-state index is 12.8. The number of aliphatic hydroxyl groups excluding tert-OH is 1. The van der Waals surface area contributed by atoms with Crippen molar-refractivity contribution in [2.75, 3.05) is 19.7 Å². The van der Waals surface area contributed by atoms with Crippen molar-refractivity contribution in [1.29, 1.82) is 0 Å². The van der Waals surface area contributed by atoms with E-state index in [9.17, 15) is 18.3 Å². The van der Waals surface area contributed by atoms with E-state index in [1.54, 1.807) is 17.5 Å². The van der Waals surface area contributed by atoms with Gasteiger partial charge in [-0.1, -0.05) is 24.3 Å². The zero-order valence-corrected chi connectivity index (χ0v) is 18.1. The topological polar surface area (TPSA) is 95.9 Å². The molecular weight excluding hydrogens is 412 g/mol. The summed E-state index contributed by atoms with van der Waals surface area (Å²) in [7, 11) is -3.68. The van der Waals surface area contributed by atoms with Crippen LogP contribution in [0.5, 0.6) is 5.75 Å². The summed E-state index contributed by atoms with van der Waals surface area (Å²) in [6.45, 7) is 4.20. The lowest BCUT2D eigenvalue weighted by Gasteiger charge is -2.23. The molecule has 1 aromatic heterocycles. The quantitative estimate of drug-likeness (QED) is 0.658. The maximum Gasteiger partial charge on any atom is 0.253 e. The molecule has 0 spiro atoms. The van der Waals surface area contributed by atoms with Gasteiger partial charge < -0.3 is 15.2 Å². The Morgan fingerprint density at radius 2 is 2.03 bits per heavy atom. The molecule has 2 atom stereocenters. The van der Waals surface area contributed by atoms with E-state index in [2.05, 4.69) is 5.32 Å². The van der Waals surface area contributed by atoms with E-state index in [0.29, 0.717) is 19.4 Å². The molecule has 0 bridgehead atoms. The first-order valence-corrected chi connectivity index (χ1v) is 11.8. The summed E-state index contributed by atoms with van der Waals surface area (Å²) in [6.07, 6.45) is 0.188. The minimum absolute atomic E-state index is 0.00679. The fourth-order valence-corrected chi connectivity index (χ4v) is 6.19. The second-order valence-electron chi connectivity index (χ2n) is 7.14. The molecule has 2 heterocycles. The van der Waals surface area contributed by atoms with Crippen LogP contribution in [0.3, 0.4) is 0 Å². The number of amides is 1. The van der Waals surface area contributed by atoms with E-state index < -0.39 is 28.1 Å². The van der Waals surface area contributed by atoms with Crippen molar-refractivity contribution in [1.82, 2.24) is 9.62 Å². The van der Waals surface area contributed by atoms with Gasteiger partial charge in [0.05, 0.1) is 0 Å². The molecule has 1 aliphatic heterocycles. The summed E-state index contributed by atoms with van der Waals surface area (Å²) in [5, 5.41) is 14.6. The van der Waals surface area contributed by atoms with E-state index in [0.717, 1.165) is 28.2 Å². The predicted molar refractivity (Wildman–Crippen MR) is 112 cm³/mol. The van der Waals surface area contributed by atoms with Gasteiger partial charge >= 0.3 is 0 Å². The Bertz CT molecular complexity index is 924. The third-order valence-electron chi connectivity index (χ3n) is 4.91. The lowest BCUT2D eigenvalue weighted by Crippen LogP contribution is -2.47. The van der Waals surface area contributed by atoms with Crippen LogP contribution >= 0.6 is 11.3 Å². The molecule has 29 heavy (non-hydrogen) atoms. The van der Waals surface area contributed by atoms with Crippen LogP contribution in [-0.2, 0) is 14.8 Å². The Hall–Kier alpha value is -1.94. The SMILES string of the molecule is Cc1cccc(C)c1OCC(O)CNC(=O)C1CCCN1S(=O)(=O)c1cccs1. The number of aryl methyl sites for hydroxylation is 2. The molecule has 1 amide bonds. The molecular formula is C20H26N2O5S2. The van der Waals surface area contributed by atoms with Gasteiger partial charge in [0.25, 0.3) is 10.0 Å². The van der Waals surface area contributed by atoms with E-state index in [1.807, 2.05) is 32.0 Å². The van der Waals surface area contributed by atoms with Crippen LogP contribution in [0.1, 0.15) is 24.0 Å².